The van der Waals surface area contributed by atoms with Crippen molar-refractivity contribution in [2.24, 2.45) is 0 Å². The van der Waals surface area contributed by atoms with Gasteiger partial charge in [-0.15, -0.1) is 13.2 Å². The van der Waals surface area contributed by atoms with Crippen LogP contribution in [-0.4, -0.2) is 34.4 Å². The van der Waals surface area contributed by atoms with E-state index >= 15 is 0 Å². The van der Waals surface area contributed by atoms with Gasteiger partial charge in [-0.2, -0.15) is 0 Å². The molecule has 0 aliphatic heterocycles. The lowest BCUT2D eigenvalue weighted by atomic mass is 10.5. The molecule has 0 fully saturated rings. The molecule has 0 saturated heterocycles. The minimum absolute atomic E-state index is 0.0969. The van der Waals surface area contributed by atoms with Gasteiger partial charge in [-0.05, 0) is 13.8 Å². The summed E-state index contributed by atoms with van der Waals surface area (Å²) in [5, 5.41) is 0. The fourth-order valence-corrected chi connectivity index (χ4v) is 2.36. The Hall–Kier alpha value is -0.320. The predicted molar refractivity (Wildman–Crippen MR) is 73.2 cm³/mol. The minimum Gasteiger partial charge on any atom is -0.368 e. The molecule has 0 aromatic heterocycles. The second kappa shape index (κ2) is 8.95. The number of nitrogens with zero attached hydrogens (tertiary/aromatic N) is 1. The fraction of sp³-hybridized carbons (Fsp3) is 0.545. The summed E-state index contributed by atoms with van der Waals surface area (Å²) < 4.78 is 6.25. The monoisotopic (exact) mass is 245 g/mol. The molecule has 0 rings (SSSR count). The zero-order valence-electron chi connectivity index (χ0n) is 9.44. The fourth-order valence-electron chi connectivity index (χ4n) is 1.02. The second-order valence-electron chi connectivity index (χ2n) is 2.89. The highest BCUT2D eigenvalue weighted by atomic mass is 32.2. The average molecular weight is 245 g/mol. The van der Waals surface area contributed by atoms with Gasteiger partial charge in [0.1, 0.15) is 9.76 Å². The normalized spacial score (nSPS) is 11.9. The predicted octanol–water partition coefficient (Wildman–Crippen LogP) is 3.06. The van der Waals surface area contributed by atoms with Gasteiger partial charge in [0, 0.05) is 19.7 Å². The summed E-state index contributed by atoms with van der Waals surface area (Å²) in [5.41, 5.74) is 0.0969. The Morgan fingerprint density at radius 3 is 2.40 bits per heavy atom. The quantitative estimate of drug-likeness (QED) is 0.388. The molecule has 0 spiro atoms. The Bertz CT molecular complexity index is 209. The number of rotatable bonds is 7. The molecule has 15 heavy (non-hydrogen) atoms. The Kier molecular flexibility index (Phi) is 8.76. The van der Waals surface area contributed by atoms with E-state index in [1.165, 1.54) is 0 Å². The van der Waals surface area contributed by atoms with E-state index in [2.05, 4.69) is 13.2 Å². The lowest BCUT2D eigenvalue weighted by Gasteiger charge is -2.23. The Morgan fingerprint density at radius 1 is 1.47 bits per heavy atom. The highest BCUT2D eigenvalue weighted by Crippen LogP contribution is 2.17. The first-order chi connectivity index (χ1) is 7.15. The molecular formula is C11H19NOS2. The summed E-state index contributed by atoms with van der Waals surface area (Å²) in [6.45, 7) is 13.6. The van der Waals surface area contributed by atoms with Crippen LogP contribution in [0.25, 0.3) is 0 Å². The van der Waals surface area contributed by atoms with Crippen molar-refractivity contribution in [2.45, 2.75) is 19.3 Å². The Morgan fingerprint density at radius 2 is 2.00 bits per heavy atom. The van der Waals surface area contributed by atoms with Crippen molar-refractivity contribution in [3.63, 3.8) is 0 Å². The Balaban J connectivity index is 4.11. The lowest BCUT2D eigenvalue weighted by Crippen LogP contribution is -2.29. The number of thioether (sulfide) groups is 1. The van der Waals surface area contributed by atoms with E-state index in [0.29, 0.717) is 6.61 Å². The molecule has 86 valence electrons. The third kappa shape index (κ3) is 6.71. The minimum atomic E-state index is 0.0969. The highest BCUT2D eigenvalue weighted by Gasteiger charge is 2.11. The third-order valence-electron chi connectivity index (χ3n) is 1.63. The SMILES string of the molecule is C=CCN(CC=C)C(=S)S[C@@H](C)OCC. The molecule has 0 aromatic rings. The first-order valence-electron chi connectivity index (χ1n) is 4.94. The zero-order chi connectivity index (χ0) is 11.7. The van der Waals surface area contributed by atoms with Crippen LogP contribution in [0.2, 0.25) is 0 Å². The number of ether oxygens (including phenoxy) is 1. The maximum absolute atomic E-state index is 5.42. The maximum Gasteiger partial charge on any atom is 0.139 e. The van der Waals surface area contributed by atoms with E-state index in [1.807, 2.05) is 30.9 Å². The maximum atomic E-state index is 5.42. The average Bonchev–Trinajstić information content (AvgIpc) is 2.17. The Labute approximate surface area is 102 Å². The van der Waals surface area contributed by atoms with Crippen molar-refractivity contribution in [3.8, 4) is 0 Å². The van der Waals surface area contributed by atoms with Crippen LogP contribution in [0.5, 0.6) is 0 Å². The summed E-state index contributed by atoms with van der Waals surface area (Å²) in [6, 6.07) is 0. The van der Waals surface area contributed by atoms with E-state index in [-0.39, 0.29) is 5.44 Å². The van der Waals surface area contributed by atoms with Gasteiger partial charge in [0.05, 0.1) is 0 Å². The van der Waals surface area contributed by atoms with Crippen LogP contribution in [0.4, 0.5) is 0 Å². The van der Waals surface area contributed by atoms with Gasteiger partial charge in [-0.1, -0.05) is 36.1 Å². The molecule has 0 aromatic carbocycles. The summed E-state index contributed by atoms with van der Waals surface area (Å²) >= 11 is 6.86. The van der Waals surface area contributed by atoms with Crippen LogP contribution in [0, 0.1) is 0 Å². The van der Waals surface area contributed by atoms with Crippen LogP contribution in [0.1, 0.15) is 13.8 Å². The van der Waals surface area contributed by atoms with Gasteiger partial charge in [-0.25, -0.2) is 0 Å². The van der Waals surface area contributed by atoms with Crippen molar-refractivity contribution < 1.29 is 4.74 Å². The first-order valence-corrected chi connectivity index (χ1v) is 6.23. The van der Waals surface area contributed by atoms with Crippen LogP contribution >= 0.6 is 24.0 Å². The van der Waals surface area contributed by atoms with Crippen LogP contribution in [0.3, 0.4) is 0 Å². The molecule has 1 atom stereocenters. The molecule has 0 saturated carbocycles. The molecule has 0 unspecified atom stereocenters. The molecule has 0 aliphatic rings. The molecule has 0 aliphatic carbocycles. The molecule has 0 amide bonds. The van der Waals surface area contributed by atoms with E-state index in [4.69, 9.17) is 17.0 Å². The van der Waals surface area contributed by atoms with Crippen molar-refractivity contribution in [1.29, 1.82) is 0 Å². The van der Waals surface area contributed by atoms with E-state index in [1.54, 1.807) is 11.8 Å². The number of hydrogen-bond donors (Lipinski definition) is 0. The van der Waals surface area contributed by atoms with Crippen LogP contribution in [-0.2, 0) is 4.74 Å². The highest BCUT2D eigenvalue weighted by molar-refractivity contribution is 8.23. The number of hydrogen-bond acceptors (Lipinski definition) is 3. The summed E-state index contributed by atoms with van der Waals surface area (Å²) in [5.74, 6) is 0. The van der Waals surface area contributed by atoms with Gasteiger partial charge in [0.25, 0.3) is 0 Å². The molecule has 4 heteroatoms. The van der Waals surface area contributed by atoms with Crippen molar-refractivity contribution >= 4 is 28.3 Å². The van der Waals surface area contributed by atoms with Gasteiger partial charge >= 0.3 is 0 Å². The molecule has 0 radical (unpaired) electrons. The summed E-state index contributed by atoms with van der Waals surface area (Å²) in [7, 11) is 0. The molecule has 0 heterocycles. The molecule has 2 nitrogen and oxygen atoms in total. The van der Waals surface area contributed by atoms with E-state index in [0.717, 1.165) is 17.4 Å². The van der Waals surface area contributed by atoms with Crippen molar-refractivity contribution in [1.82, 2.24) is 4.90 Å². The van der Waals surface area contributed by atoms with Crippen LogP contribution < -0.4 is 0 Å². The second-order valence-corrected chi connectivity index (χ2v) is 4.82. The zero-order valence-corrected chi connectivity index (χ0v) is 11.1. The largest absolute Gasteiger partial charge is 0.368 e. The van der Waals surface area contributed by atoms with Gasteiger partial charge in [-0.3, -0.25) is 0 Å². The topological polar surface area (TPSA) is 12.5 Å². The smallest absolute Gasteiger partial charge is 0.139 e. The van der Waals surface area contributed by atoms with Crippen molar-refractivity contribution in [3.05, 3.63) is 25.3 Å². The van der Waals surface area contributed by atoms with E-state index in [9.17, 15) is 0 Å². The standard InChI is InChI=1S/C11H19NOS2/c1-5-8-12(9-6-2)11(14)15-10(4)13-7-3/h5-6,10H,1-2,7-9H2,3-4H3/t10-/m0/s1. The van der Waals surface area contributed by atoms with Crippen LogP contribution in [0.15, 0.2) is 25.3 Å². The molecule has 0 bridgehead atoms. The summed E-state index contributed by atoms with van der Waals surface area (Å²) in [6.07, 6.45) is 3.67. The number of thiocarbonyl (C=S) groups is 1. The van der Waals surface area contributed by atoms with Gasteiger partial charge < -0.3 is 9.64 Å². The third-order valence-corrected chi connectivity index (χ3v) is 3.10. The van der Waals surface area contributed by atoms with Gasteiger partial charge in [0.2, 0.25) is 0 Å². The molecule has 0 N–H and O–H groups in total. The van der Waals surface area contributed by atoms with Gasteiger partial charge in [0.15, 0.2) is 0 Å². The first kappa shape index (κ1) is 14.7. The lowest BCUT2D eigenvalue weighted by molar-refractivity contribution is 0.138. The molecular weight excluding hydrogens is 226 g/mol. The summed E-state index contributed by atoms with van der Waals surface area (Å²) in [4.78, 5) is 2.04. The van der Waals surface area contributed by atoms with E-state index < -0.39 is 0 Å². The van der Waals surface area contributed by atoms with Crippen molar-refractivity contribution in [2.75, 3.05) is 19.7 Å².